The van der Waals surface area contributed by atoms with Crippen molar-refractivity contribution in [3.8, 4) is 11.5 Å². The summed E-state index contributed by atoms with van der Waals surface area (Å²) >= 11 is 0. The standard InChI is InChI=1S/C20H25FN2O2.C2H2O4/c1-24-19-5-3-4-17(20(19)25-2)15-23-12-10-22(11-13-23)14-16-6-8-18(21)9-7-16;3-1(4)2(5)6/h3-9H,10-15H2,1-2H3;(H,3,4)(H,5,6). The van der Waals surface area contributed by atoms with Crippen molar-refractivity contribution >= 4 is 11.9 Å². The van der Waals surface area contributed by atoms with Gasteiger partial charge >= 0.3 is 11.9 Å². The number of hydrogen-bond acceptors (Lipinski definition) is 6. The zero-order chi connectivity index (χ0) is 22.8. The molecule has 2 N–H and O–H groups in total. The first-order chi connectivity index (χ1) is 14.8. The van der Waals surface area contributed by atoms with Crippen LogP contribution in [0.25, 0.3) is 0 Å². The number of rotatable bonds is 6. The minimum Gasteiger partial charge on any atom is -0.493 e. The van der Waals surface area contributed by atoms with Gasteiger partial charge in [-0.05, 0) is 23.8 Å². The second-order valence-corrected chi connectivity index (χ2v) is 6.94. The predicted molar refractivity (Wildman–Crippen MR) is 112 cm³/mol. The van der Waals surface area contributed by atoms with Crippen molar-refractivity contribution in [3.63, 3.8) is 0 Å². The molecular weight excluding hydrogens is 407 g/mol. The highest BCUT2D eigenvalue weighted by Crippen LogP contribution is 2.31. The number of ether oxygens (including phenoxy) is 2. The number of piperazine rings is 1. The van der Waals surface area contributed by atoms with Crippen molar-refractivity contribution in [1.29, 1.82) is 0 Å². The Bertz CT molecular complexity index is 855. The van der Waals surface area contributed by atoms with Crippen LogP contribution in [0.3, 0.4) is 0 Å². The molecule has 0 radical (unpaired) electrons. The average Bonchev–Trinajstić information content (AvgIpc) is 2.76. The molecule has 0 unspecified atom stereocenters. The van der Waals surface area contributed by atoms with E-state index >= 15 is 0 Å². The molecule has 31 heavy (non-hydrogen) atoms. The van der Waals surface area contributed by atoms with Gasteiger partial charge in [-0.3, -0.25) is 9.80 Å². The van der Waals surface area contributed by atoms with Crippen LogP contribution in [0.5, 0.6) is 11.5 Å². The molecular formula is C22H27FN2O6. The average molecular weight is 434 g/mol. The van der Waals surface area contributed by atoms with Gasteiger partial charge in [0.05, 0.1) is 14.2 Å². The molecule has 2 aromatic carbocycles. The van der Waals surface area contributed by atoms with Crippen molar-refractivity contribution in [2.75, 3.05) is 40.4 Å². The monoisotopic (exact) mass is 434 g/mol. The van der Waals surface area contributed by atoms with Gasteiger partial charge in [0.2, 0.25) is 0 Å². The fourth-order valence-corrected chi connectivity index (χ4v) is 3.27. The Morgan fingerprint density at radius 1 is 0.871 bits per heavy atom. The summed E-state index contributed by atoms with van der Waals surface area (Å²) in [6.45, 7) is 5.73. The first-order valence-electron chi connectivity index (χ1n) is 9.69. The van der Waals surface area contributed by atoms with Gasteiger partial charge in [0.1, 0.15) is 5.82 Å². The van der Waals surface area contributed by atoms with Crippen LogP contribution < -0.4 is 9.47 Å². The van der Waals surface area contributed by atoms with Crippen molar-refractivity contribution in [1.82, 2.24) is 9.80 Å². The number of carboxylic acids is 2. The molecule has 0 spiro atoms. The highest BCUT2D eigenvalue weighted by atomic mass is 19.1. The van der Waals surface area contributed by atoms with Gasteiger partial charge in [-0.15, -0.1) is 0 Å². The smallest absolute Gasteiger partial charge is 0.414 e. The Morgan fingerprint density at radius 3 is 1.90 bits per heavy atom. The lowest BCUT2D eigenvalue weighted by atomic mass is 10.1. The summed E-state index contributed by atoms with van der Waals surface area (Å²) in [6, 6.07) is 12.8. The number of hydrogen-bond donors (Lipinski definition) is 2. The third kappa shape index (κ3) is 7.54. The van der Waals surface area contributed by atoms with Crippen LogP contribution in [0.1, 0.15) is 11.1 Å². The second-order valence-electron chi connectivity index (χ2n) is 6.94. The maximum Gasteiger partial charge on any atom is 0.414 e. The van der Waals surface area contributed by atoms with Gasteiger partial charge in [0.15, 0.2) is 11.5 Å². The zero-order valence-corrected chi connectivity index (χ0v) is 17.6. The molecule has 1 aliphatic rings. The van der Waals surface area contributed by atoms with E-state index in [0.29, 0.717) is 0 Å². The summed E-state index contributed by atoms with van der Waals surface area (Å²) in [5.41, 5.74) is 2.30. The summed E-state index contributed by atoms with van der Waals surface area (Å²) in [5.74, 6) is -2.24. The lowest BCUT2D eigenvalue weighted by molar-refractivity contribution is -0.159. The largest absolute Gasteiger partial charge is 0.493 e. The van der Waals surface area contributed by atoms with Crippen LogP contribution in [-0.4, -0.2) is 72.4 Å². The maximum atomic E-state index is 13.0. The van der Waals surface area contributed by atoms with Crippen molar-refractivity contribution in [2.45, 2.75) is 13.1 Å². The number of halogens is 1. The molecule has 1 saturated heterocycles. The third-order valence-electron chi connectivity index (χ3n) is 4.85. The van der Waals surface area contributed by atoms with E-state index in [1.54, 1.807) is 14.2 Å². The number of methoxy groups -OCH3 is 2. The quantitative estimate of drug-likeness (QED) is 0.669. The summed E-state index contributed by atoms with van der Waals surface area (Å²) in [7, 11) is 3.35. The van der Waals surface area contributed by atoms with Crippen LogP contribution in [0.2, 0.25) is 0 Å². The van der Waals surface area contributed by atoms with E-state index < -0.39 is 11.9 Å². The summed E-state index contributed by atoms with van der Waals surface area (Å²) < 4.78 is 23.9. The molecule has 0 aliphatic carbocycles. The fourth-order valence-electron chi connectivity index (χ4n) is 3.27. The Morgan fingerprint density at radius 2 is 1.42 bits per heavy atom. The lowest BCUT2D eigenvalue weighted by Crippen LogP contribution is -2.45. The molecule has 168 valence electrons. The van der Waals surface area contributed by atoms with Gasteiger partial charge in [-0.25, -0.2) is 14.0 Å². The van der Waals surface area contributed by atoms with E-state index in [2.05, 4.69) is 15.9 Å². The van der Waals surface area contributed by atoms with Crippen LogP contribution in [0.4, 0.5) is 4.39 Å². The highest BCUT2D eigenvalue weighted by molar-refractivity contribution is 6.27. The molecule has 1 heterocycles. The van der Waals surface area contributed by atoms with Gasteiger partial charge in [-0.1, -0.05) is 24.3 Å². The van der Waals surface area contributed by atoms with Gasteiger partial charge in [0.25, 0.3) is 0 Å². The fraction of sp³-hybridized carbons (Fsp3) is 0.364. The van der Waals surface area contributed by atoms with Gasteiger partial charge < -0.3 is 19.7 Å². The van der Waals surface area contributed by atoms with E-state index in [9.17, 15) is 4.39 Å². The molecule has 0 atom stereocenters. The van der Waals surface area contributed by atoms with Crippen LogP contribution in [-0.2, 0) is 22.7 Å². The van der Waals surface area contributed by atoms with Gasteiger partial charge in [0, 0.05) is 44.8 Å². The molecule has 0 bridgehead atoms. The maximum absolute atomic E-state index is 13.0. The Kier molecular flexibility index (Phi) is 9.23. The number of benzene rings is 2. The molecule has 9 heteroatoms. The molecule has 0 aromatic heterocycles. The summed E-state index contributed by atoms with van der Waals surface area (Å²) in [6.07, 6.45) is 0. The van der Waals surface area contributed by atoms with E-state index in [1.165, 1.54) is 12.1 Å². The number of carboxylic acid groups (broad SMARTS) is 2. The van der Waals surface area contributed by atoms with Crippen LogP contribution >= 0.6 is 0 Å². The number of para-hydroxylation sites is 1. The Balaban J connectivity index is 0.000000501. The third-order valence-corrected chi connectivity index (χ3v) is 4.85. The van der Waals surface area contributed by atoms with Crippen LogP contribution in [0.15, 0.2) is 42.5 Å². The predicted octanol–water partition coefficient (Wildman–Crippen LogP) is 2.32. The molecule has 3 rings (SSSR count). The van der Waals surface area contributed by atoms with E-state index in [1.807, 2.05) is 24.3 Å². The first kappa shape index (κ1) is 24.1. The molecule has 1 aliphatic heterocycles. The van der Waals surface area contributed by atoms with Crippen molar-refractivity contribution < 1.29 is 33.7 Å². The zero-order valence-electron chi connectivity index (χ0n) is 17.6. The van der Waals surface area contributed by atoms with E-state index in [0.717, 1.165) is 61.9 Å². The molecule has 2 aromatic rings. The topological polar surface area (TPSA) is 99.5 Å². The van der Waals surface area contributed by atoms with Crippen LogP contribution in [0, 0.1) is 5.82 Å². The van der Waals surface area contributed by atoms with Gasteiger partial charge in [-0.2, -0.15) is 0 Å². The molecule has 0 saturated carbocycles. The van der Waals surface area contributed by atoms with E-state index in [4.69, 9.17) is 29.3 Å². The Labute approximate surface area is 180 Å². The Hall–Kier alpha value is -3.17. The number of aliphatic carboxylic acids is 2. The minimum atomic E-state index is -1.82. The number of carbonyl (C=O) groups is 2. The normalized spacial score (nSPS) is 14.3. The number of nitrogens with zero attached hydrogens (tertiary/aromatic N) is 2. The molecule has 1 fully saturated rings. The summed E-state index contributed by atoms with van der Waals surface area (Å²) in [5, 5.41) is 14.8. The summed E-state index contributed by atoms with van der Waals surface area (Å²) in [4.78, 5) is 23.0. The first-order valence-corrected chi connectivity index (χ1v) is 9.69. The molecule has 0 amide bonds. The highest BCUT2D eigenvalue weighted by Gasteiger charge is 2.19. The molecule has 8 nitrogen and oxygen atoms in total. The van der Waals surface area contributed by atoms with Crippen molar-refractivity contribution in [3.05, 3.63) is 59.4 Å². The SMILES string of the molecule is COc1cccc(CN2CCN(Cc3ccc(F)cc3)CC2)c1OC.O=C(O)C(=O)O. The van der Waals surface area contributed by atoms with Crippen molar-refractivity contribution in [2.24, 2.45) is 0 Å². The lowest BCUT2D eigenvalue weighted by Gasteiger charge is -2.35. The minimum absolute atomic E-state index is 0.180. The second kappa shape index (κ2) is 11.9. The van der Waals surface area contributed by atoms with E-state index in [-0.39, 0.29) is 5.82 Å².